The number of hydrogen-bond donors (Lipinski definition) is 1. The first-order valence-electron chi connectivity index (χ1n) is 7.43. The smallest absolute Gasteiger partial charge is 0.356 e. The Hall–Kier alpha value is -2.85. The lowest BCUT2D eigenvalue weighted by Gasteiger charge is -2.07. The molecule has 0 aliphatic rings. The Kier molecular flexibility index (Phi) is 3.47. The third-order valence-corrected chi connectivity index (χ3v) is 4.22. The predicted octanol–water partition coefficient (Wildman–Crippen LogP) is 4.82. The van der Waals surface area contributed by atoms with E-state index in [4.69, 9.17) is 16.3 Å². The molecule has 4 nitrogen and oxygen atoms in total. The Morgan fingerprint density at radius 2 is 1.92 bits per heavy atom. The fourth-order valence-electron chi connectivity index (χ4n) is 2.90. The van der Waals surface area contributed by atoms with Crippen molar-refractivity contribution in [3.63, 3.8) is 0 Å². The number of methoxy groups -OCH3 is 1. The second-order valence-corrected chi connectivity index (χ2v) is 5.89. The summed E-state index contributed by atoms with van der Waals surface area (Å²) in [5.41, 5.74) is 3.63. The summed E-state index contributed by atoms with van der Waals surface area (Å²) < 4.78 is 4.85. The number of halogens is 1. The average molecular weight is 337 g/mol. The fraction of sp³-hybridized carbons (Fsp3) is 0.0526. The Labute approximate surface area is 143 Å². The fourth-order valence-corrected chi connectivity index (χ4v) is 3.09. The van der Waals surface area contributed by atoms with E-state index in [-0.39, 0.29) is 5.69 Å². The van der Waals surface area contributed by atoms with E-state index in [1.807, 2.05) is 42.5 Å². The van der Waals surface area contributed by atoms with Crippen molar-refractivity contribution in [1.82, 2.24) is 9.97 Å². The number of hydrogen-bond acceptors (Lipinski definition) is 3. The van der Waals surface area contributed by atoms with Crippen LogP contribution in [-0.4, -0.2) is 23.0 Å². The maximum absolute atomic E-state index is 12.0. The van der Waals surface area contributed by atoms with Gasteiger partial charge in [-0.15, -0.1) is 0 Å². The number of esters is 1. The summed E-state index contributed by atoms with van der Waals surface area (Å²) in [5, 5.41) is 2.57. The van der Waals surface area contributed by atoms with Crippen LogP contribution in [0, 0.1) is 0 Å². The van der Waals surface area contributed by atoms with Gasteiger partial charge in [-0.2, -0.15) is 0 Å². The van der Waals surface area contributed by atoms with Gasteiger partial charge in [-0.1, -0.05) is 41.9 Å². The molecule has 0 saturated carbocycles. The van der Waals surface area contributed by atoms with Crippen molar-refractivity contribution in [2.45, 2.75) is 0 Å². The Morgan fingerprint density at radius 1 is 1.08 bits per heavy atom. The SMILES string of the molecule is COC(=O)c1cc2c([nH]c3ccccc32)c(-c2cccc(Cl)c2)n1. The van der Waals surface area contributed by atoms with E-state index in [1.165, 1.54) is 7.11 Å². The summed E-state index contributed by atoms with van der Waals surface area (Å²) >= 11 is 6.12. The molecular formula is C19H13ClN2O2. The van der Waals surface area contributed by atoms with Crippen LogP contribution in [0.15, 0.2) is 54.6 Å². The Morgan fingerprint density at radius 3 is 2.71 bits per heavy atom. The topological polar surface area (TPSA) is 55.0 Å². The van der Waals surface area contributed by atoms with E-state index in [0.29, 0.717) is 10.7 Å². The number of nitrogens with one attached hydrogen (secondary N) is 1. The summed E-state index contributed by atoms with van der Waals surface area (Å²) in [6.45, 7) is 0. The molecule has 0 radical (unpaired) electrons. The molecule has 0 unspecified atom stereocenters. The molecule has 0 aliphatic carbocycles. The number of aromatic amines is 1. The van der Waals surface area contributed by atoms with E-state index in [9.17, 15) is 4.79 Å². The molecule has 2 aromatic heterocycles. The van der Waals surface area contributed by atoms with Crippen molar-refractivity contribution < 1.29 is 9.53 Å². The van der Waals surface area contributed by atoms with Gasteiger partial charge in [0.15, 0.2) is 0 Å². The van der Waals surface area contributed by atoms with Gasteiger partial charge in [-0.3, -0.25) is 0 Å². The number of para-hydroxylation sites is 1. The molecule has 0 atom stereocenters. The number of ether oxygens (including phenoxy) is 1. The zero-order valence-corrected chi connectivity index (χ0v) is 13.6. The third kappa shape index (κ3) is 2.32. The lowest BCUT2D eigenvalue weighted by Crippen LogP contribution is -2.05. The molecule has 118 valence electrons. The van der Waals surface area contributed by atoms with Crippen molar-refractivity contribution in [2.75, 3.05) is 7.11 Å². The number of aromatic nitrogens is 2. The maximum atomic E-state index is 12.0. The molecule has 4 rings (SSSR count). The molecule has 2 aromatic carbocycles. The van der Waals surface area contributed by atoms with Crippen molar-refractivity contribution in [1.29, 1.82) is 0 Å². The monoisotopic (exact) mass is 336 g/mol. The number of benzene rings is 2. The number of rotatable bonds is 2. The lowest BCUT2D eigenvalue weighted by atomic mass is 10.1. The quantitative estimate of drug-likeness (QED) is 0.534. The number of fused-ring (bicyclic) bond motifs is 3. The van der Waals surface area contributed by atoms with Crippen molar-refractivity contribution in [3.05, 3.63) is 65.3 Å². The molecule has 5 heteroatoms. The number of H-pyrrole nitrogens is 1. The highest BCUT2D eigenvalue weighted by molar-refractivity contribution is 6.31. The van der Waals surface area contributed by atoms with Gasteiger partial charge < -0.3 is 9.72 Å². The minimum absolute atomic E-state index is 0.268. The first-order valence-corrected chi connectivity index (χ1v) is 7.81. The minimum atomic E-state index is -0.467. The van der Waals surface area contributed by atoms with Crippen molar-refractivity contribution >= 4 is 39.4 Å². The second kappa shape index (κ2) is 5.65. The van der Waals surface area contributed by atoms with Gasteiger partial charge in [0.25, 0.3) is 0 Å². The maximum Gasteiger partial charge on any atom is 0.356 e. The highest BCUT2D eigenvalue weighted by Crippen LogP contribution is 2.33. The number of carbonyl (C=O) groups is 1. The first-order chi connectivity index (χ1) is 11.7. The summed E-state index contributed by atoms with van der Waals surface area (Å²) in [7, 11) is 1.35. The number of nitrogens with zero attached hydrogens (tertiary/aromatic N) is 1. The van der Waals surface area contributed by atoms with Crippen LogP contribution in [0.5, 0.6) is 0 Å². The molecule has 2 heterocycles. The van der Waals surface area contributed by atoms with Crippen LogP contribution in [-0.2, 0) is 4.74 Å². The van der Waals surface area contributed by atoms with Gasteiger partial charge >= 0.3 is 5.97 Å². The van der Waals surface area contributed by atoms with Crippen LogP contribution >= 0.6 is 11.6 Å². The van der Waals surface area contributed by atoms with E-state index in [2.05, 4.69) is 9.97 Å². The predicted molar refractivity (Wildman–Crippen MR) is 95.4 cm³/mol. The lowest BCUT2D eigenvalue weighted by molar-refractivity contribution is 0.0594. The molecule has 0 amide bonds. The molecule has 0 bridgehead atoms. The number of carbonyl (C=O) groups excluding carboxylic acids is 1. The van der Waals surface area contributed by atoms with Gasteiger partial charge in [-0.05, 0) is 24.3 Å². The molecule has 0 spiro atoms. The van der Waals surface area contributed by atoms with Crippen LogP contribution in [0.25, 0.3) is 33.1 Å². The van der Waals surface area contributed by atoms with Crippen molar-refractivity contribution in [3.8, 4) is 11.3 Å². The minimum Gasteiger partial charge on any atom is -0.464 e. The summed E-state index contributed by atoms with van der Waals surface area (Å²) in [5.74, 6) is -0.467. The first kappa shape index (κ1) is 14.7. The second-order valence-electron chi connectivity index (χ2n) is 5.45. The van der Waals surface area contributed by atoms with Crippen LogP contribution in [0.1, 0.15) is 10.5 Å². The van der Waals surface area contributed by atoms with Gasteiger partial charge in [0, 0.05) is 26.9 Å². The number of pyridine rings is 1. The summed E-state index contributed by atoms with van der Waals surface area (Å²) in [6.07, 6.45) is 0. The van der Waals surface area contributed by atoms with E-state index >= 15 is 0 Å². The average Bonchev–Trinajstić information content (AvgIpc) is 2.99. The van der Waals surface area contributed by atoms with Gasteiger partial charge in [0.2, 0.25) is 0 Å². The standard InChI is InChI=1S/C19H13ClN2O2/c1-24-19(23)16-10-14-13-7-2-3-8-15(13)21-18(14)17(22-16)11-5-4-6-12(20)9-11/h2-10,21H,1H3. The molecule has 4 aromatic rings. The van der Waals surface area contributed by atoms with Crippen LogP contribution in [0.3, 0.4) is 0 Å². The van der Waals surface area contributed by atoms with E-state index in [1.54, 1.807) is 12.1 Å². The van der Waals surface area contributed by atoms with Crippen LogP contribution < -0.4 is 0 Å². The third-order valence-electron chi connectivity index (χ3n) is 3.99. The molecule has 24 heavy (non-hydrogen) atoms. The summed E-state index contributed by atoms with van der Waals surface area (Å²) in [4.78, 5) is 19.9. The summed E-state index contributed by atoms with van der Waals surface area (Å²) in [6, 6.07) is 17.1. The highest BCUT2D eigenvalue weighted by atomic mass is 35.5. The largest absolute Gasteiger partial charge is 0.464 e. The molecule has 1 N–H and O–H groups in total. The molecule has 0 aliphatic heterocycles. The normalized spacial score (nSPS) is 11.1. The van der Waals surface area contributed by atoms with Crippen molar-refractivity contribution in [2.24, 2.45) is 0 Å². The zero-order valence-electron chi connectivity index (χ0n) is 12.8. The molecule has 0 saturated heterocycles. The van der Waals surface area contributed by atoms with Crippen LogP contribution in [0.2, 0.25) is 5.02 Å². The van der Waals surface area contributed by atoms with Gasteiger partial charge in [-0.25, -0.2) is 9.78 Å². The molecule has 0 fully saturated rings. The molecular weight excluding hydrogens is 324 g/mol. The van der Waals surface area contributed by atoms with E-state index in [0.717, 1.165) is 27.4 Å². The van der Waals surface area contributed by atoms with Gasteiger partial charge in [0.1, 0.15) is 5.69 Å². The highest BCUT2D eigenvalue weighted by Gasteiger charge is 2.17. The Balaban J connectivity index is 2.12. The van der Waals surface area contributed by atoms with E-state index < -0.39 is 5.97 Å². The Bertz CT molecular complexity index is 1090. The van der Waals surface area contributed by atoms with Gasteiger partial charge in [0.05, 0.1) is 18.3 Å². The van der Waals surface area contributed by atoms with Crippen LogP contribution in [0.4, 0.5) is 0 Å². The zero-order chi connectivity index (χ0) is 16.7.